The Labute approximate surface area is 310 Å². The van der Waals surface area contributed by atoms with Crippen molar-refractivity contribution in [1.29, 1.82) is 0 Å². The summed E-state index contributed by atoms with van der Waals surface area (Å²) >= 11 is 6.63. The molecule has 268 valence electrons. The van der Waals surface area contributed by atoms with E-state index in [4.69, 9.17) is 30.5 Å². The molecule has 1 aliphatic rings. The first-order valence-corrected chi connectivity index (χ1v) is 17.7. The number of methoxy groups -OCH3 is 1. The molecule has 0 saturated carbocycles. The third-order valence-corrected chi connectivity index (χ3v) is 9.08. The second-order valence-electron chi connectivity index (χ2n) is 12.7. The molecule has 52 heavy (non-hydrogen) atoms. The summed E-state index contributed by atoms with van der Waals surface area (Å²) in [5, 5.41) is 0.440. The summed E-state index contributed by atoms with van der Waals surface area (Å²) in [5.41, 5.74) is 6.42. The van der Waals surface area contributed by atoms with Gasteiger partial charge in [-0.3, -0.25) is 9.69 Å². The van der Waals surface area contributed by atoms with E-state index in [0.717, 1.165) is 48.5 Å². The first-order chi connectivity index (χ1) is 25.3. The minimum absolute atomic E-state index is 0.0142. The molecule has 1 saturated heterocycles. The van der Waals surface area contributed by atoms with E-state index in [9.17, 15) is 4.79 Å². The number of piperazine rings is 1. The van der Waals surface area contributed by atoms with Gasteiger partial charge in [-0.15, -0.1) is 0 Å². The SMILES string of the molecule is COc1ccc(OCCc2ccc(CN3CCN(C(=O)/C=C/c4cc(C)c(Oc5ccc(OCc6ccc(C)cc6)cn5)c(Cl)c4)CC3)cc2)cn1. The zero-order valence-corrected chi connectivity index (χ0v) is 30.5. The number of pyridine rings is 2. The lowest BCUT2D eigenvalue weighted by Gasteiger charge is -2.34. The van der Waals surface area contributed by atoms with Gasteiger partial charge in [-0.05, 0) is 72.0 Å². The predicted molar refractivity (Wildman–Crippen MR) is 203 cm³/mol. The average Bonchev–Trinajstić information content (AvgIpc) is 3.17. The Morgan fingerprint density at radius 1 is 0.788 bits per heavy atom. The number of nitrogens with zero attached hydrogens (tertiary/aromatic N) is 4. The topological polar surface area (TPSA) is 86.3 Å². The van der Waals surface area contributed by atoms with Crippen LogP contribution in [-0.2, 0) is 24.4 Å². The molecule has 0 unspecified atom stereocenters. The minimum Gasteiger partial charge on any atom is -0.492 e. The summed E-state index contributed by atoms with van der Waals surface area (Å²) in [7, 11) is 1.59. The summed E-state index contributed by atoms with van der Waals surface area (Å²) in [6.07, 6.45) is 7.53. The normalized spacial score (nSPS) is 13.3. The number of carbonyl (C=O) groups is 1. The molecule has 9 nitrogen and oxygen atoms in total. The fourth-order valence-corrected chi connectivity index (χ4v) is 6.09. The van der Waals surface area contributed by atoms with Crippen molar-refractivity contribution in [3.8, 4) is 29.0 Å². The Kier molecular flexibility index (Phi) is 12.4. The lowest BCUT2D eigenvalue weighted by molar-refractivity contribution is -0.127. The minimum atomic E-state index is -0.0142. The Bertz CT molecular complexity index is 1920. The molecular weight excluding hydrogens is 676 g/mol. The monoisotopic (exact) mass is 718 g/mol. The van der Waals surface area contributed by atoms with Gasteiger partial charge in [0.25, 0.3) is 0 Å². The molecule has 0 bridgehead atoms. The van der Waals surface area contributed by atoms with Gasteiger partial charge in [0.2, 0.25) is 17.7 Å². The number of benzene rings is 3. The van der Waals surface area contributed by atoms with Gasteiger partial charge in [0.15, 0.2) is 5.75 Å². The van der Waals surface area contributed by atoms with Crippen molar-refractivity contribution in [2.45, 2.75) is 33.4 Å². The molecule has 1 aliphatic heterocycles. The third-order valence-electron chi connectivity index (χ3n) is 8.80. The number of carbonyl (C=O) groups excluding carboxylic acids is 1. The van der Waals surface area contributed by atoms with Crippen LogP contribution in [0.2, 0.25) is 5.02 Å². The quantitative estimate of drug-likeness (QED) is 0.107. The van der Waals surface area contributed by atoms with Crippen LogP contribution in [0.4, 0.5) is 0 Å². The molecule has 0 radical (unpaired) electrons. The molecule has 2 aromatic heterocycles. The predicted octanol–water partition coefficient (Wildman–Crippen LogP) is 8.11. The molecule has 3 aromatic carbocycles. The van der Waals surface area contributed by atoms with Crippen molar-refractivity contribution in [3.05, 3.63) is 142 Å². The molecule has 5 aromatic rings. The van der Waals surface area contributed by atoms with Gasteiger partial charge in [0.1, 0.15) is 18.1 Å². The van der Waals surface area contributed by atoms with E-state index in [0.29, 0.717) is 54.6 Å². The van der Waals surface area contributed by atoms with Gasteiger partial charge in [0.05, 0.1) is 31.1 Å². The molecule has 1 fully saturated rings. The molecule has 0 aliphatic carbocycles. The Morgan fingerprint density at radius 2 is 1.44 bits per heavy atom. The Hall–Kier alpha value is -5.38. The number of ether oxygens (including phenoxy) is 4. The van der Waals surface area contributed by atoms with Crippen LogP contribution in [0.3, 0.4) is 0 Å². The third kappa shape index (κ3) is 10.3. The number of hydrogen-bond acceptors (Lipinski definition) is 8. The van der Waals surface area contributed by atoms with E-state index in [2.05, 4.69) is 58.2 Å². The number of amides is 1. The van der Waals surface area contributed by atoms with Gasteiger partial charge in [-0.2, -0.15) is 0 Å². The fraction of sp³-hybridized carbons (Fsp3) is 0.262. The molecular formula is C42H43ClN4O5. The molecule has 0 N–H and O–H groups in total. The van der Waals surface area contributed by atoms with E-state index >= 15 is 0 Å². The van der Waals surface area contributed by atoms with Gasteiger partial charge >= 0.3 is 0 Å². The van der Waals surface area contributed by atoms with Crippen LogP contribution in [0, 0.1) is 13.8 Å². The van der Waals surface area contributed by atoms with Gasteiger partial charge in [0, 0.05) is 57.4 Å². The van der Waals surface area contributed by atoms with Crippen molar-refractivity contribution in [2.24, 2.45) is 0 Å². The standard InChI is InChI=1S/C42H43ClN4O5/c1-30-4-6-34(7-5-30)29-51-37-14-16-40(45-27-37)52-42-31(2)24-35(25-38(42)43)12-17-41(48)47-21-19-46(20-22-47)28-33-10-8-32(9-11-33)18-23-50-36-13-15-39(49-3)44-26-36/h4-17,24-27H,18-23,28-29H2,1-3H3/b17-12+. The highest BCUT2D eigenvalue weighted by molar-refractivity contribution is 6.32. The molecule has 6 rings (SSSR count). The van der Waals surface area contributed by atoms with Gasteiger partial charge in [-0.1, -0.05) is 65.7 Å². The van der Waals surface area contributed by atoms with Crippen LogP contribution in [0.15, 0.2) is 103 Å². The number of hydrogen-bond donors (Lipinski definition) is 0. The highest BCUT2D eigenvalue weighted by Crippen LogP contribution is 2.34. The Balaban J connectivity index is 0.926. The van der Waals surface area contributed by atoms with Crippen LogP contribution in [0.1, 0.15) is 33.4 Å². The van der Waals surface area contributed by atoms with Gasteiger partial charge < -0.3 is 23.8 Å². The van der Waals surface area contributed by atoms with Crippen LogP contribution >= 0.6 is 11.6 Å². The second kappa shape index (κ2) is 17.7. The van der Waals surface area contributed by atoms with Crippen molar-refractivity contribution in [2.75, 3.05) is 39.9 Å². The number of aromatic nitrogens is 2. The second-order valence-corrected chi connectivity index (χ2v) is 13.2. The Morgan fingerprint density at radius 3 is 2.10 bits per heavy atom. The lowest BCUT2D eigenvalue weighted by Crippen LogP contribution is -2.47. The van der Waals surface area contributed by atoms with Crippen LogP contribution in [0.5, 0.6) is 29.0 Å². The number of aryl methyl sites for hydroxylation is 2. The molecule has 0 spiro atoms. The van der Waals surface area contributed by atoms with Gasteiger partial charge in [-0.25, -0.2) is 9.97 Å². The summed E-state index contributed by atoms with van der Waals surface area (Å²) in [4.78, 5) is 25.9. The van der Waals surface area contributed by atoms with Crippen molar-refractivity contribution >= 4 is 23.6 Å². The van der Waals surface area contributed by atoms with Crippen molar-refractivity contribution < 1.29 is 23.7 Å². The van der Waals surface area contributed by atoms with E-state index in [1.807, 2.05) is 42.2 Å². The fourth-order valence-electron chi connectivity index (χ4n) is 5.78. The molecule has 1 amide bonds. The smallest absolute Gasteiger partial charge is 0.246 e. The van der Waals surface area contributed by atoms with E-state index in [-0.39, 0.29) is 5.91 Å². The highest BCUT2D eigenvalue weighted by Gasteiger charge is 2.20. The number of rotatable bonds is 14. The lowest BCUT2D eigenvalue weighted by atomic mass is 10.1. The largest absolute Gasteiger partial charge is 0.492 e. The zero-order chi connectivity index (χ0) is 36.3. The average molecular weight is 719 g/mol. The van der Waals surface area contributed by atoms with E-state index in [1.54, 1.807) is 49.9 Å². The van der Waals surface area contributed by atoms with E-state index < -0.39 is 0 Å². The van der Waals surface area contributed by atoms with Crippen molar-refractivity contribution in [3.63, 3.8) is 0 Å². The first kappa shape index (κ1) is 36.4. The maximum atomic E-state index is 13.1. The molecule has 0 atom stereocenters. The van der Waals surface area contributed by atoms with Crippen LogP contribution in [-0.4, -0.2) is 65.6 Å². The number of halogens is 1. The van der Waals surface area contributed by atoms with Crippen molar-refractivity contribution in [1.82, 2.24) is 19.8 Å². The van der Waals surface area contributed by atoms with E-state index in [1.165, 1.54) is 16.7 Å². The maximum Gasteiger partial charge on any atom is 0.246 e. The molecule has 3 heterocycles. The highest BCUT2D eigenvalue weighted by atomic mass is 35.5. The molecule has 10 heteroatoms. The summed E-state index contributed by atoms with van der Waals surface area (Å²) in [6, 6.07) is 27.8. The summed E-state index contributed by atoms with van der Waals surface area (Å²) < 4.78 is 22.8. The first-order valence-electron chi connectivity index (χ1n) is 17.3. The maximum absolute atomic E-state index is 13.1. The van der Waals surface area contributed by atoms with Crippen LogP contribution in [0.25, 0.3) is 6.08 Å². The summed E-state index contributed by atoms with van der Waals surface area (Å²) in [5.74, 6) is 2.86. The van der Waals surface area contributed by atoms with Crippen LogP contribution < -0.4 is 18.9 Å². The summed E-state index contributed by atoms with van der Waals surface area (Å²) in [6.45, 7) is 8.84. The zero-order valence-electron chi connectivity index (χ0n) is 29.8.